The molecule has 0 saturated carbocycles. The lowest BCUT2D eigenvalue weighted by molar-refractivity contribution is -0.0332. The van der Waals surface area contributed by atoms with Crippen LogP contribution in [-0.2, 0) is 5.60 Å². The number of aliphatic hydroxyl groups is 2. The molecule has 0 aliphatic carbocycles. The second kappa shape index (κ2) is 3.73. The highest BCUT2D eigenvalue weighted by atomic mass is 16.3. The monoisotopic (exact) mass is 178 g/mol. The second-order valence-electron chi connectivity index (χ2n) is 3.07. The average molecular weight is 178 g/mol. The first kappa shape index (κ1) is 9.96. The molecule has 2 unspecified atom stereocenters. The molecule has 2 atom stereocenters. The number of benzene rings is 1. The van der Waals surface area contributed by atoms with Gasteiger partial charge in [-0.15, -0.1) is 0 Å². The Labute approximate surface area is 78.2 Å². The van der Waals surface area contributed by atoms with Gasteiger partial charge in [-0.1, -0.05) is 43.0 Å². The Bertz CT molecular complexity index is 279. The Kier molecular flexibility index (Phi) is 2.86. The van der Waals surface area contributed by atoms with Gasteiger partial charge in [0.2, 0.25) is 0 Å². The van der Waals surface area contributed by atoms with Crippen LogP contribution in [0.3, 0.4) is 0 Å². The second-order valence-corrected chi connectivity index (χ2v) is 3.07. The van der Waals surface area contributed by atoms with Crippen LogP contribution in [0.5, 0.6) is 0 Å². The van der Waals surface area contributed by atoms with Crippen molar-refractivity contribution < 1.29 is 10.2 Å². The van der Waals surface area contributed by atoms with Gasteiger partial charge < -0.3 is 10.2 Å². The largest absolute Gasteiger partial charge is 0.390 e. The Morgan fingerprint density at radius 3 is 2.31 bits per heavy atom. The van der Waals surface area contributed by atoms with E-state index >= 15 is 0 Å². The van der Waals surface area contributed by atoms with Crippen molar-refractivity contribution in [1.29, 1.82) is 0 Å². The average Bonchev–Trinajstić information content (AvgIpc) is 2.17. The van der Waals surface area contributed by atoms with E-state index in [2.05, 4.69) is 6.58 Å². The number of hydrogen-bond acceptors (Lipinski definition) is 2. The molecule has 2 nitrogen and oxygen atoms in total. The van der Waals surface area contributed by atoms with Gasteiger partial charge in [-0.2, -0.15) is 0 Å². The van der Waals surface area contributed by atoms with Crippen molar-refractivity contribution in [1.82, 2.24) is 0 Å². The van der Waals surface area contributed by atoms with Crippen molar-refractivity contribution in [2.45, 2.75) is 18.6 Å². The standard InChI is InChI=1S/C11H14O2/c1-3-11(13,9(2)12)10-7-5-4-6-8-10/h3-9,12-13H,1H2,2H3. The highest BCUT2D eigenvalue weighted by Gasteiger charge is 2.30. The molecular weight excluding hydrogens is 164 g/mol. The molecule has 13 heavy (non-hydrogen) atoms. The lowest BCUT2D eigenvalue weighted by Gasteiger charge is -2.27. The quantitative estimate of drug-likeness (QED) is 0.687. The van der Waals surface area contributed by atoms with Gasteiger partial charge in [-0.3, -0.25) is 0 Å². The summed E-state index contributed by atoms with van der Waals surface area (Å²) in [7, 11) is 0. The van der Waals surface area contributed by atoms with E-state index in [1.807, 2.05) is 18.2 Å². The Morgan fingerprint density at radius 1 is 1.38 bits per heavy atom. The van der Waals surface area contributed by atoms with Gasteiger partial charge in [0.05, 0.1) is 6.10 Å². The van der Waals surface area contributed by atoms with Crippen molar-refractivity contribution in [2.24, 2.45) is 0 Å². The molecule has 2 N–H and O–H groups in total. The summed E-state index contributed by atoms with van der Waals surface area (Å²) >= 11 is 0. The van der Waals surface area contributed by atoms with E-state index in [1.165, 1.54) is 13.0 Å². The zero-order chi connectivity index (χ0) is 9.90. The van der Waals surface area contributed by atoms with Crippen LogP contribution in [0, 0.1) is 0 Å². The van der Waals surface area contributed by atoms with E-state index in [9.17, 15) is 10.2 Å². The molecule has 0 fully saturated rings. The van der Waals surface area contributed by atoms with Crippen molar-refractivity contribution in [3.05, 3.63) is 48.6 Å². The molecular formula is C11H14O2. The summed E-state index contributed by atoms with van der Waals surface area (Å²) in [4.78, 5) is 0. The predicted molar refractivity (Wildman–Crippen MR) is 52.2 cm³/mol. The van der Waals surface area contributed by atoms with Gasteiger partial charge >= 0.3 is 0 Å². The SMILES string of the molecule is C=CC(O)(c1ccccc1)C(C)O. The summed E-state index contributed by atoms with van der Waals surface area (Å²) in [5.41, 5.74) is -0.693. The van der Waals surface area contributed by atoms with E-state index in [4.69, 9.17) is 0 Å². The lowest BCUT2D eigenvalue weighted by Crippen LogP contribution is -2.35. The van der Waals surface area contributed by atoms with E-state index < -0.39 is 11.7 Å². The van der Waals surface area contributed by atoms with Gasteiger partial charge in [0.1, 0.15) is 5.60 Å². The maximum Gasteiger partial charge on any atom is 0.133 e. The van der Waals surface area contributed by atoms with Gasteiger partial charge in [-0.25, -0.2) is 0 Å². The van der Waals surface area contributed by atoms with Crippen molar-refractivity contribution in [2.75, 3.05) is 0 Å². The van der Waals surface area contributed by atoms with E-state index in [0.717, 1.165) is 0 Å². The molecule has 1 aromatic rings. The molecule has 1 aromatic carbocycles. The van der Waals surface area contributed by atoms with E-state index in [-0.39, 0.29) is 0 Å². The first-order valence-electron chi connectivity index (χ1n) is 4.21. The molecule has 70 valence electrons. The molecule has 0 heterocycles. The number of rotatable bonds is 3. The van der Waals surface area contributed by atoms with Gasteiger partial charge in [0.25, 0.3) is 0 Å². The number of hydrogen-bond donors (Lipinski definition) is 2. The van der Waals surface area contributed by atoms with Crippen LogP contribution in [0.15, 0.2) is 43.0 Å². The fourth-order valence-corrected chi connectivity index (χ4v) is 1.23. The van der Waals surface area contributed by atoms with Crippen LogP contribution in [0.1, 0.15) is 12.5 Å². The summed E-state index contributed by atoms with van der Waals surface area (Å²) in [5.74, 6) is 0. The van der Waals surface area contributed by atoms with Crippen LogP contribution in [-0.4, -0.2) is 16.3 Å². The lowest BCUT2D eigenvalue weighted by atomic mass is 9.89. The third kappa shape index (κ3) is 1.79. The minimum atomic E-state index is -1.35. The normalized spacial score (nSPS) is 17.5. The van der Waals surface area contributed by atoms with E-state index in [0.29, 0.717) is 5.56 Å². The third-order valence-electron chi connectivity index (χ3n) is 2.18. The summed E-state index contributed by atoms with van der Waals surface area (Å²) in [6.07, 6.45) is 0.486. The Hall–Kier alpha value is -1.12. The van der Waals surface area contributed by atoms with Crippen LogP contribution in [0.25, 0.3) is 0 Å². The highest BCUT2D eigenvalue weighted by molar-refractivity contribution is 5.27. The summed E-state index contributed by atoms with van der Waals surface area (Å²) in [6, 6.07) is 9.00. The topological polar surface area (TPSA) is 40.5 Å². The van der Waals surface area contributed by atoms with Gasteiger partial charge in [-0.05, 0) is 12.5 Å². The molecule has 0 spiro atoms. The summed E-state index contributed by atoms with van der Waals surface area (Å²) in [6.45, 7) is 5.06. The van der Waals surface area contributed by atoms with Crippen LogP contribution >= 0.6 is 0 Å². The maximum absolute atomic E-state index is 10.0. The summed E-state index contributed by atoms with van der Waals surface area (Å²) in [5, 5.41) is 19.4. The fourth-order valence-electron chi connectivity index (χ4n) is 1.23. The van der Waals surface area contributed by atoms with Crippen molar-refractivity contribution in [3.63, 3.8) is 0 Å². The molecule has 0 aromatic heterocycles. The van der Waals surface area contributed by atoms with Crippen molar-refractivity contribution in [3.8, 4) is 0 Å². The van der Waals surface area contributed by atoms with E-state index in [1.54, 1.807) is 12.1 Å². The first-order valence-corrected chi connectivity index (χ1v) is 4.21. The fraction of sp³-hybridized carbons (Fsp3) is 0.273. The third-order valence-corrected chi connectivity index (χ3v) is 2.18. The minimum Gasteiger partial charge on any atom is -0.390 e. The molecule has 2 heteroatoms. The molecule has 0 bridgehead atoms. The van der Waals surface area contributed by atoms with Gasteiger partial charge in [0, 0.05) is 0 Å². The zero-order valence-corrected chi connectivity index (χ0v) is 7.64. The first-order chi connectivity index (χ1) is 6.11. The maximum atomic E-state index is 10.0. The smallest absolute Gasteiger partial charge is 0.133 e. The molecule has 0 saturated heterocycles. The number of aliphatic hydroxyl groups excluding tert-OH is 1. The zero-order valence-electron chi connectivity index (χ0n) is 7.64. The Balaban J connectivity index is 3.10. The van der Waals surface area contributed by atoms with Crippen LogP contribution in [0.2, 0.25) is 0 Å². The highest BCUT2D eigenvalue weighted by Crippen LogP contribution is 2.25. The van der Waals surface area contributed by atoms with Crippen LogP contribution in [0.4, 0.5) is 0 Å². The molecule has 0 aliphatic heterocycles. The molecule has 0 amide bonds. The van der Waals surface area contributed by atoms with Crippen LogP contribution < -0.4 is 0 Å². The van der Waals surface area contributed by atoms with Gasteiger partial charge in [0.15, 0.2) is 0 Å². The minimum absolute atomic E-state index is 0.653. The Morgan fingerprint density at radius 2 is 1.92 bits per heavy atom. The predicted octanol–water partition coefficient (Wildman–Crippen LogP) is 1.44. The summed E-state index contributed by atoms with van der Waals surface area (Å²) < 4.78 is 0. The molecule has 1 rings (SSSR count). The van der Waals surface area contributed by atoms with Crippen molar-refractivity contribution >= 4 is 0 Å². The molecule has 0 aliphatic rings. The molecule has 0 radical (unpaired) electrons.